The molecule has 0 N–H and O–H groups in total. The van der Waals surface area contributed by atoms with E-state index in [9.17, 15) is 14.4 Å². The highest BCUT2D eigenvalue weighted by Crippen LogP contribution is 2.23. The van der Waals surface area contributed by atoms with E-state index < -0.39 is 5.92 Å². The molecule has 0 bridgehead atoms. The molecule has 190 valence electrons. The van der Waals surface area contributed by atoms with Gasteiger partial charge in [-0.05, 0) is 35.4 Å². The fourth-order valence-electron chi connectivity index (χ4n) is 4.58. The van der Waals surface area contributed by atoms with Gasteiger partial charge in [-0.25, -0.2) is 0 Å². The zero-order valence-electron chi connectivity index (χ0n) is 20.5. The number of aromatic nitrogens is 1. The summed E-state index contributed by atoms with van der Waals surface area (Å²) < 4.78 is 11.4. The quantitative estimate of drug-likeness (QED) is 0.497. The zero-order valence-corrected chi connectivity index (χ0v) is 20.5. The second-order valence-electron chi connectivity index (χ2n) is 9.12. The highest BCUT2D eigenvalue weighted by molar-refractivity contribution is 5.91. The van der Waals surface area contributed by atoms with E-state index in [0.717, 1.165) is 16.9 Å². The van der Waals surface area contributed by atoms with Crippen molar-refractivity contribution in [3.63, 3.8) is 0 Å². The second kappa shape index (κ2) is 11.8. The number of ether oxygens (including phenoxy) is 2. The van der Waals surface area contributed by atoms with Crippen LogP contribution in [0.2, 0.25) is 0 Å². The lowest BCUT2D eigenvalue weighted by atomic mass is 10.1. The molecule has 2 fully saturated rings. The molecule has 0 aliphatic carbocycles. The van der Waals surface area contributed by atoms with Gasteiger partial charge in [0.15, 0.2) is 0 Å². The molecule has 3 heterocycles. The molecule has 4 rings (SSSR count). The highest BCUT2D eigenvalue weighted by Gasteiger charge is 2.39. The molecule has 9 heteroatoms. The number of carbonyl (C=O) groups is 3. The fourth-order valence-corrected chi connectivity index (χ4v) is 4.58. The van der Waals surface area contributed by atoms with Crippen LogP contribution in [0.15, 0.2) is 61.4 Å². The van der Waals surface area contributed by atoms with E-state index in [1.165, 1.54) is 0 Å². The summed E-state index contributed by atoms with van der Waals surface area (Å²) >= 11 is 0. The molecule has 0 saturated carbocycles. The highest BCUT2D eigenvalue weighted by atomic mass is 16.5. The van der Waals surface area contributed by atoms with Crippen LogP contribution >= 0.6 is 0 Å². The van der Waals surface area contributed by atoms with Crippen molar-refractivity contribution in [2.75, 3.05) is 39.8 Å². The van der Waals surface area contributed by atoms with Crippen LogP contribution in [0.1, 0.15) is 17.5 Å². The number of nitrogens with zero attached hydrogens (tertiary/aromatic N) is 4. The molecular weight excluding hydrogens is 460 g/mol. The Morgan fingerprint density at radius 2 is 1.78 bits per heavy atom. The maximum Gasteiger partial charge on any atom is 0.242 e. The number of hydrogen-bond acceptors (Lipinski definition) is 6. The Balaban J connectivity index is 1.49. The van der Waals surface area contributed by atoms with Crippen LogP contribution in [-0.4, -0.2) is 83.3 Å². The maximum absolute atomic E-state index is 13.4. The predicted octanol–water partition coefficient (Wildman–Crippen LogP) is 1.88. The van der Waals surface area contributed by atoms with Crippen molar-refractivity contribution in [3.05, 3.63) is 72.6 Å². The molecule has 0 spiro atoms. The Morgan fingerprint density at radius 1 is 1.03 bits per heavy atom. The van der Waals surface area contributed by atoms with Crippen molar-refractivity contribution in [3.8, 4) is 5.75 Å². The first-order valence-electron chi connectivity index (χ1n) is 12.1. The lowest BCUT2D eigenvalue weighted by Gasteiger charge is -2.26. The van der Waals surface area contributed by atoms with Gasteiger partial charge >= 0.3 is 0 Å². The normalized spacial score (nSPS) is 20.4. The predicted molar refractivity (Wildman–Crippen MR) is 133 cm³/mol. The van der Waals surface area contributed by atoms with Gasteiger partial charge in [-0.3, -0.25) is 19.4 Å². The van der Waals surface area contributed by atoms with Crippen LogP contribution < -0.4 is 4.74 Å². The van der Waals surface area contributed by atoms with Gasteiger partial charge in [-0.2, -0.15) is 0 Å². The van der Waals surface area contributed by atoms with Crippen molar-refractivity contribution >= 4 is 17.7 Å². The van der Waals surface area contributed by atoms with Crippen LogP contribution in [0.25, 0.3) is 0 Å². The Kier molecular flexibility index (Phi) is 8.32. The average Bonchev–Trinajstić information content (AvgIpc) is 3.18. The summed E-state index contributed by atoms with van der Waals surface area (Å²) in [6, 6.07) is 11.3. The van der Waals surface area contributed by atoms with Gasteiger partial charge in [0, 0.05) is 51.5 Å². The van der Waals surface area contributed by atoms with E-state index in [1.807, 2.05) is 36.4 Å². The number of rotatable bonds is 9. The number of likely N-dealkylation sites (tertiary alicyclic amines) is 1. The summed E-state index contributed by atoms with van der Waals surface area (Å²) in [6.45, 7) is 5.76. The van der Waals surface area contributed by atoms with Gasteiger partial charge < -0.3 is 24.2 Å². The number of carbonyl (C=O) groups excluding carboxylic acids is 3. The molecule has 1 aromatic heterocycles. The topological polar surface area (TPSA) is 92.3 Å². The van der Waals surface area contributed by atoms with E-state index in [2.05, 4.69) is 11.6 Å². The molecule has 2 unspecified atom stereocenters. The number of benzene rings is 1. The lowest BCUT2D eigenvalue weighted by molar-refractivity contribution is -0.141. The SMILES string of the molecule is C=CCN1CC(C(=O)N2CC(=O)N(Cc3ccc(OC)cc3)CC(OCc3ccncc3)C2)CC1=O. The first-order chi connectivity index (χ1) is 17.5. The van der Waals surface area contributed by atoms with Crippen molar-refractivity contribution in [1.82, 2.24) is 19.7 Å². The summed E-state index contributed by atoms with van der Waals surface area (Å²) in [7, 11) is 1.61. The Bertz CT molecular complexity index is 1080. The standard InChI is InChI=1S/C27H32N4O5/c1-3-12-29-15-22(13-25(29)32)27(34)31-17-24(36-19-21-8-10-28-11-9-21)16-30(26(33)18-31)14-20-4-6-23(35-2)7-5-20/h3-11,22,24H,1,12-19H2,2H3. The van der Waals surface area contributed by atoms with Gasteiger partial charge in [0.25, 0.3) is 0 Å². The molecule has 2 saturated heterocycles. The smallest absolute Gasteiger partial charge is 0.242 e. The zero-order chi connectivity index (χ0) is 25.5. The Hall–Kier alpha value is -3.72. The third kappa shape index (κ3) is 6.28. The summed E-state index contributed by atoms with van der Waals surface area (Å²) in [5.74, 6) is -0.137. The van der Waals surface area contributed by atoms with E-state index >= 15 is 0 Å². The molecule has 0 radical (unpaired) electrons. The third-order valence-electron chi connectivity index (χ3n) is 6.52. The molecule has 2 aliphatic heterocycles. The van der Waals surface area contributed by atoms with E-state index in [0.29, 0.717) is 32.8 Å². The van der Waals surface area contributed by atoms with E-state index in [-0.39, 0.29) is 43.3 Å². The number of amides is 3. The minimum absolute atomic E-state index is 0.0454. The molecule has 1 aromatic carbocycles. The molecule has 2 aliphatic rings. The Morgan fingerprint density at radius 3 is 2.47 bits per heavy atom. The molecule has 36 heavy (non-hydrogen) atoms. The van der Waals surface area contributed by atoms with Crippen molar-refractivity contribution in [2.45, 2.75) is 25.7 Å². The Labute approximate surface area is 211 Å². The minimum Gasteiger partial charge on any atom is -0.497 e. The van der Waals surface area contributed by atoms with Crippen molar-refractivity contribution < 1.29 is 23.9 Å². The lowest BCUT2D eigenvalue weighted by Crippen LogP contribution is -2.43. The summed E-state index contributed by atoms with van der Waals surface area (Å²) in [5, 5.41) is 0. The number of pyridine rings is 1. The molecular formula is C27H32N4O5. The van der Waals surface area contributed by atoms with Crippen LogP contribution in [0.5, 0.6) is 5.75 Å². The van der Waals surface area contributed by atoms with Gasteiger partial charge in [0.05, 0.1) is 32.3 Å². The third-order valence-corrected chi connectivity index (χ3v) is 6.52. The molecule has 2 aromatic rings. The summed E-state index contributed by atoms with van der Waals surface area (Å²) in [5.41, 5.74) is 1.92. The summed E-state index contributed by atoms with van der Waals surface area (Å²) in [4.78, 5) is 48.0. The molecule has 9 nitrogen and oxygen atoms in total. The fraction of sp³-hybridized carbons (Fsp3) is 0.407. The number of methoxy groups -OCH3 is 1. The monoisotopic (exact) mass is 492 g/mol. The largest absolute Gasteiger partial charge is 0.497 e. The van der Waals surface area contributed by atoms with E-state index in [1.54, 1.807) is 40.3 Å². The maximum atomic E-state index is 13.4. The first-order valence-corrected chi connectivity index (χ1v) is 12.1. The van der Waals surface area contributed by atoms with E-state index in [4.69, 9.17) is 9.47 Å². The molecule has 3 amide bonds. The van der Waals surface area contributed by atoms with Gasteiger partial charge in [-0.15, -0.1) is 6.58 Å². The van der Waals surface area contributed by atoms with Gasteiger partial charge in [-0.1, -0.05) is 18.2 Å². The van der Waals surface area contributed by atoms with Gasteiger partial charge in [0.2, 0.25) is 17.7 Å². The second-order valence-corrected chi connectivity index (χ2v) is 9.12. The summed E-state index contributed by atoms with van der Waals surface area (Å²) in [6.07, 6.45) is 4.82. The van der Waals surface area contributed by atoms with Crippen LogP contribution in [0, 0.1) is 5.92 Å². The van der Waals surface area contributed by atoms with Crippen LogP contribution in [-0.2, 0) is 32.3 Å². The first kappa shape index (κ1) is 25.4. The van der Waals surface area contributed by atoms with Gasteiger partial charge in [0.1, 0.15) is 5.75 Å². The average molecular weight is 493 g/mol. The van der Waals surface area contributed by atoms with Crippen LogP contribution in [0.3, 0.4) is 0 Å². The van der Waals surface area contributed by atoms with Crippen molar-refractivity contribution in [1.29, 1.82) is 0 Å². The van der Waals surface area contributed by atoms with Crippen LogP contribution in [0.4, 0.5) is 0 Å². The molecule has 2 atom stereocenters. The minimum atomic E-state index is -0.473. The van der Waals surface area contributed by atoms with Crippen molar-refractivity contribution in [2.24, 2.45) is 5.92 Å². The number of hydrogen-bond donors (Lipinski definition) is 0.